The molecule has 2 aromatic carbocycles. The normalized spacial score (nSPS) is 20.5. The van der Waals surface area contributed by atoms with Crippen molar-refractivity contribution < 1.29 is 37.1 Å². The fraction of sp³-hybridized carbons (Fsp3) is 0.543. The standard InChI is InChI=1S/C35H50N4O8S/c1-23-19-39(24(2)22-40)35(41)31-18-29(37-48(42,43)34-26(4)36-47-27(34)5)13-16-32(31)46-25(3)10-8-9-17-45-33(23)21-38(6)20-28-11-14-30(44-7)15-12-28/h11-16,18,23-25,33,37,40H,8-10,17,19-22H2,1-7H3/t23-,24-,25+,33-/m0/s1. The molecule has 0 saturated carbocycles. The lowest BCUT2D eigenvalue weighted by molar-refractivity contribution is -0.0177. The van der Waals surface area contributed by atoms with Crippen LogP contribution in [0.15, 0.2) is 51.9 Å². The molecule has 264 valence electrons. The highest BCUT2D eigenvalue weighted by atomic mass is 32.2. The number of aromatic nitrogens is 1. The third kappa shape index (κ3) is 9.49. The topological polar surface area (TPSA) is 144 Å². The number of carbonyl (C=O) groups is 1. The van der Waals surface area contributed by atoms with Crippen LogP contribution in [0.25, 0.3) is 0 Å². The Balaban J connectivity index is 1.63. The molecule has 48 heavy (non-hydrogen) atoms. The van der Waals surface area contributed by atoms with Crippen LogP contribution in [0.4, 0.5) is 5.69 Å². The molecule has 2 heterocycles. The predicted octanol–water partition coefficient (Wildman–Crippen LogP) is 5.03. The summed E-state index contributed by atoms with van der Waals surface area (Å²) in [6.07, 6.45) is 2.06. The summed E-state index contributed by atoms with van der Waals surface area (Å²) >= 11 is 0. The lowest BCUT2D eigenvalue weighted by Gasteiger charge is -2.36. The number of anilines is 1. The van der Waals surface area contributed by atoms with Gasteiger partial charge in [-0.05, 0) is 89.9 Å². The van der Waals surface area contributed by atoms with E-state index in [4.69, 9.17) is 18.7 Å². The molecule has 1 aliphatic heterocycles. The second-order valence-electron chi connectivity index (χ2n) is 12.8. The van der Waals surface area contributed by atoms with E-state index < -0.39 is 16.1 Å². The Kier molecular flexibility index (Phi) is 12.9. The molecule has 2 N–H and O–H groups in total. The Hall–Kier alpha value is -3.65. The van der Waals surface area contributed by atoms with Gasteiger partial charge < -0.3 is 28.7 Å². The number of methoxy groups -OCH3 is 1. The Bertz CT molecular complexity index is 1590. The number of aryl methyl sites for hydroxylation is 2. The van der Waals surface area contributed by atoms with Crippen molar-refractivity contribution in [3.05, 3.63) is 65.0 Å². The summed E-state index contributed by atoms with van der Waals surface area (Å²) in [5.74, 6) is 0.827. The smallest absolute Gasteiger partial charge is 0.267 e. The molecule has 4 atom stereocenters. The van der Waals surface area contributed by atoms with Crippen LogP contribution in [0.3, 0.4) is 0 Å². The van der Waals surface area contributed by atoms with Gasteiger partial charge in [0.25, 0.3) is 15.9 Å². The number of amides is 1. The van der Waals surface area contributed by atoms with Gasteiger partial charge in [-0.15, -0.1) is 0 Å². The first-order valence-electron chi connectivity index (χ1n) is 16.4. The minimum atomic E-state index is -4.06. The van der Waals surface area contributed by atoms with Crippen molar-refractivity contribution in [2.75, 3.05) is 45.2 Å². The third-order valence-electron chi connectivity index (χ3n) is 8.64. The molecule has 0 bridgehead atoms. The van der Waals surface area contributed by atoms with Gasteiger partial charge in [0.05, 0.1) is 37.5 Å². The monoisotopic (exact) mass is 686 g/mol. The second kappa shape index (κ2) is 16.6. The van der Waals surface area contributed by atoms with Crippen molar-refractivity contribution >= 4 is 21.6 Å². The van der Waals surface area contributed by atoms with E-state index in [2.05, 4.69) is 21.7 Å². The van der Waals surface area contributed by atoms with Crippen molar-refractivity contribution in [3.8, 4) is 11.5 Å². The van der Waals surface area contributed by atoms with Gasteiger partial charge in [0.15, 0.2) is 10.7 Å². The Morgan fingerprint density at radius 2 is 1.88 bits per heavy atom. The molecule has 0 saturated heterocycles. The number of hydrogen-bond donors (Lipinski definition) is 2. The predicted molar refractivity (Wildman–Crippen MR) is 183 cm³/mol. The first-order valence-corrected chi connectivity index (χ1v) is 17.9. The van der Waals surface area contributed by atoms with Crippen LogP contribution in [0.1, 0.15) is 67.4 Å². The summed E-state index contributed by atoms with van der Waals surface area (Å²) in [7, 11) is -0.369. The number of fused-ring (bicyclic) bond motifs is 1. The van der Waals surface area contributed by atoms with Crippen LogP contribution in [0.5, 0.6) is 11.5 Å². The van der Waals surface area contributed by atoms with E-state index in [1.807, 2.05) is 38.2 Å². The summed E-state index contributed by atoms with van der Waals surface area (Å²) in [5.41, 5.74) is 1.75. The molecule has 1 aromatic heterocycles. The van der Waals surface area contributed by atoms with Gasteiger partial charge in [0, 0.05) is 37.8 Å². The quantitative estimate of drug-likeness (QED) is 0.298. The summed E-state index contributed by atoms with van der Waals surface area (Å²) in [6.45, 7) is 10.8. The van der Waals surface area contributed by atoms with Crippen LogP contribution < -0.4 is 14.2 Å². The van der Waals surface area contributed by atoms with E-state index in [0.29, 0.717) is 32.0 Å². The SMILES string of the molecule is COc1ccc(CN(C)C[C@@H]2OCCCC[C@@H](C)Oc3ccc(NS(=O)(=O)c4c(C)noc4C)cc3C(=O)N([C@@H](C)CO)C[C@@H]2C)cc1. The number of carbonyl (C=O) groups excluding carboxylic acids is 1. The molecule has 12 nitrogen and oxygen atoms in total. The molecule has 0 spiro atoms. The van der Waals surface area contributed by atoms with E-state index in [1.54, 1.807) is 38.0 Å². The minimum Gasteiger partial charge on any atom is -0.497 e. The van der Waals surface area contributed by atoms with Crippen LogP contribution in [0, 0.1) is 19.8 Å². The zero-order valence-corrected chi connectivity index (χ0v) is 29.9. The lowest BCUT2D eigenvalue weighted by atomic mass is 10.0. The molecular weight excluding hydrogens is 636 g/mol. The van der Waals surface area contributed by atoms with E-state index >= 15 is 0 Å². The number of hydrogen-bond acceptors (Lipinski definition) is 10. The Morgan fingerprint density at radius 1 is 1.15 bits per heavy atom. The number of rotatable bonds is 10. The van der Waals surface area contributed by atoms with Crippen molar-refractivity contribution in [1.29, 1.82) is 0 Å². The summed E-state index contributed by atoms with van der Waals surface area (Å²) < 4.78 is 52.3. The molecule has 0 radical (unpaired) electrons. The van der Waals surface area contributed by atoms with Crippen molar-refractivity contribution in [3.63, 3.8) is 0 Å². The highest BCUT2D eigenvalue weighted by molar-refractivity contribution is 7.92. The number of likely N-dealkylation sites (N-methyl/N-ethyl adjacent to an activating group) is 1. The van der Waals surface area contributed by atoms with Gasteiger partial charge in [-0.1, -0.05) is 24.2 Å². The van der Waals surface area contributed by atoms with Crippen LogP contribution >= 0.6 is 0 Å². The van der Waals surface area contributed by atoms with Crippen molar-refractivity contribution in [1.82, 2.24) is 15.0 Å². The highest BCUT2D eigenvalue weighted by Gasteiger charge is 2.31. The van der Waals surface area contributed by atoms with Gasteiger partial charge in [-0.2, -0.15) is 0 Å². The molecular formula is C35H50N4O8S. The first kappa shape index (κ1) is 37.2. The van der Waals surface area contributed by atoms with Crippen LogP contribution in [0.2, 0.25) is 0 Å². The maximum absolute atomic E-state index is 14.4. The zero-order valence-electron chi connectivity index (χ0n) is 29.1. The molecule has 0 fully saturated rings. The number of benzene rings is 2. The molecule has 13 heteroatoms. The first-order chi connectivity index (χ1) is 22.8. The van der Waals surface area contributed by atoms with Gasteiger partial charge in [-0.25, -0.2) is 8.42 Å². The average Bonchev–Trinajstić information content (AvgIpc) is 3.40. The van der Waals surface area contributed by atoms with Crippen LogP contribution in [-0.2, 0) is 21.3 Å². The van der Waals surface area contributed by atoms with Gasteiger partial charge in [0.1, 0.15) is 17.2 Å². The molecule has 1 amide bonds. The minimum absolute atomic E-state index is 0.0499. The molecule has 3 aromatic rings. The number of nitrogens with one attached hydrogen (secondary N) is 1. The maximum atomic E-state index is 14.4. The number of nitrogens with zero attached hydrogens (tertiary/aromatic N) is 3. The largest absolute Gasteiger partial charge is 0.497 e. The van der Waals surface area contributed by atoms with Crippen LogP contribution in [-0.4, -0.2) is 93.1 Å². The van der Waals surface area contributed by atoms with Crippen molar-refractivity contribution in [2.45, 2.75) is 83.6 Å². The maximum Gasteiger partial charge on any atom is 0.267 e. The summed E-state index contributed by atoms with van der Waals surface area (Å²) in [5, 5.41) is 14.0. The summed E-state index contributed by atoms with van der Waals surface area (Å²) in [6, 6.07) is 12.1. The Labute approximate surface area is 284 Å². The van der Waals surface area contributed by atoms with Gasteiger partial charge in [0.2, 0.25) is 0 Å². The number of ether oxygens (including phenoxy) is 3. The van der Waals surface area contributed by atoms with Gasteiger partial charge >= 0.3 is 0 Å². The number of sulfonamides is 1. The molecule has 1 aliphatic rings. The van der Waals surface area contributed by atoms with E-state index in [0.717, 1.165) is 30.6 Å². The fourth-order valence-electron chi connectivity index (χ4n) is 5.93. The average molecular weight is 687 g/mol. The van der Waals surface area contributed by atoms with E-state index in [1.165, 1.54) is 13.0 Å². The van der Waals surface area contributed by atoms with E-state index in [9.17, 15) is 18.3 Å². The van der Waals surface area contributed by atoms with Gasteiger partial charge in [-0.3, -0.25) is 14.4 Å². The fourth-order valence-corrected chi connectivity index (χ4v) is 7.31. The molecule has 4 rings (SSSR count). The third-order valence-corrected chi connectivity index (χ3v) is 10.3. The summed E-state index contributed by atoms with van der Waals surface area (Å²) in [4.78, 5) is 18.2. The van der Waals surface area contributed by atoms with Crippen molar-refractivity contribution in [2.24, 2.45) is 5.92 Å². The zero-order chi connectivity index (χ0) is 35.0. The lowest BCUT2D eigenvalue weighted by Crippen LogP contribution is -2.47. The second-order valence-corrected chi connectivity index (χ2v) is 14.4. The number of aliphatic hydroxyl groups excluding tert-OH is 1. The molecule has 0 aliphatic carbocycles. The highest BCUT2D eigenvalue weighted by Crippen LogP contribution is 2.30. The molecule has 0 unspecified atom stereocenters. The number of aliphatic hydroxyl groups is 1. The Morgan fingerprint density at radius 3 is 2.52 bits per heavy atom. The van der Waals surface area contributed by atoms with E-state index in [-0.39, 0.29) is 58.2 Å².